The molecule has 0 amide bonds. The molecule has 0 bridgehead atoms. The van der Waals surface area contributed by atoms with E-state index in [1.54, 1.807) is 18.6 Å². The van der Waals surface area contributed by atoms with E-state index in [9.17, 15) is 4.39 Å². The molecule has 1 aromatic carbocycles. The van der Waals surface area contributed by atoms with Crippen LogP contribution in [0.15, 0.2) is 41.4 Å². The van der Waals surface area contributed by atoms with E-state index in [1.165, 1.54) is 12.1 Å². The number of hydrogen-bond acceptors (Lipinski definition) is 2. The highest BCUT2D eigenvalue weighted by molar-refractivity contribution is 9.10. The molecule has 0 fully saturated rings. The van der Waals surface area contributed by atoms with Gasteiger partial charge in [-0.3, -0.25) is 0 Å². The number of ether oxygens (including phenoxy) is 1. The molecule has 17 heavy (non-hydrogen) atoms. The summed E-state index contributed by atoms with van der Waals surface area (Å²) in [6.07, 6.45) is 6.25. The van der Waals surface area contributed by atoms with E-state index in [2.05, 4.69) is 20.9 Å². The lowest BCUT2D eigenvalue weighted by Gasteiger charge is -2.08. The van der Waals surface area contributed by atoms with Crippen LogP contribution in [0.3, 0.4) is 0 Å². The Kier molecular flexibility index (Phi) is 4.14. The number of aryl methyl sites for hydroxylation is 1. The van der Waals surface area contributed by atoms with E-state index in [0.29, 0.717) is 12.4 Å². The minimum absolute atomic E-state index is 0.294. The number of halogens is 2. The summed E-state index contributed by atoms with van der Waals surface area (Å²) in [5.41, 5.74) is 0. The molecule has 0 radical (unpaired) electrons. The molecule has 0 aliphatic rings. The molecule has 2 aromatic rings. The van der Waals surface area contributed by atoms with Gasteiger partial charge in [-0.2, -0.15) is 0 Å². The molecule has 0 spiro atoms. The van der Waals surface area contributed by atoms with E-state index in [-0.39, 0.29) is 5.82 Å². The fraction of sp³-hybridized carbons (Fsp3) is 0.250. The van der Waals surface area contributed by atoms with E-state index in [4.69, 9.17) is 4.74 Å². The molecule has 0 unspecified atom stereocenters. The molecule has 0 saturated carbocycles. The van der Waals surface area contributed by atoms with Crippen LogP contribution >= 0.6 is 15.9 Å². The van der Waals surface area contributed by atoms with Crippen LogP contribution in [0.4, 0.5) is 4.39 Å². The normalized spacial score (nSPS) is 10.5. The van der Waals surface area contributed by atoms with Gasteiger partial charge in [-0.25, -0.2) is 9.37 Å². The summed E-state index contributed by atoms with van der Waals surface area (Å²) in [4.78, 5) is 3.95. The topological polar surface area (TPSA) is 27.1 Å². The highest BCUT2D eigenvalue weighted by Gasteiger charge is 2.02. The molecule has 5 heteroatoms. The van der Waals surface area contributed by atoms with Crippen LogP contribution in [0.25, 0.3) is 0 Å². The third-order valence-corrected chi connectivity index (χ3v) is 2.93. The molecule has 1 heterocycles. The second kappa shape index (κ2) is 5.82. The first-order valence-electron chi connectivity index (χ1n) is 5.29. The van der Waals surface area contributed by atoms with Crippen LogP contribution < -0.4 is 4.74 Å². The summed E-state index contributed by atoms with van der Waals surface area (Å²) in [6, 6.07) is 4.41. The summed E-state index contributed by atoms with van der Waals surface area (Å²) in [7, 11) is 0. The van der Waals surface area contributed by atoms with Gasteiger partial charge in [0.05, 0.1) is 17.4 Å². The highest BCUT2D eigenvalue weighted by Crippen LogP contribution is 2.25. The number of imidazole rings is 1. The maximum Gasteiger partial charge on any atom is 0.136 e. The van der Waals surface area contributed by atoms with Crippen molar-refractivity contribution >= 4 is 15.9 Å². The summed E-state index contributed by atoms with van der Waals surface area (Å²) in [6.45, 7) is 1.38. The van der Waals surface area contributed by atoms with Crippen molar-refractivity contribution in [3.05, 3.63) is 47.2 Å². The molecule has 0 aliphatic heterocycles. The Balaban J connectivity index is 1.80. The molecular formula is C12H12BrFN2O. The van der Waals surface area contributed by atoms with E-state index in [0.717, 1.165) is 17.4 Å². The SMILES string of the molecule is Fc1ccc(Br)c(OCCCn2ccnc2)c1. The molecule has 90 valence electrons. The van der Waals surface area contributed by atoms with Crippen molar-refractivity contribution in [1.29, 1.82) is 0 Å². The second-order valence-corrected chi connectivity index (χ2v) is 4.43. The van der Waals surface area contributed by atoms with Crippen molar-refractivity contribution in [3.8, 4) is 5.75 Å². The van der Waals surface area contributed by atoms with Gasteiger partial charge in [-0.05, 0) is 34.5 Å². The number of rotatable bonds is 5. The molecule has 2 rings (SSSR count). The average molecular weight is 299 g/mol. The summed E-state index contributed by atoms with van der Waals surface area (Å²) < 4.78 is 21.2. The molecule has 0 saturated heterocycles. The maximum absolute atomic E-state index is 13.0. The highest BCUT2D eigenvalue weighted by atomic mass is 79.9. The number of nitrogens with zero attached hydrogens (tertiary/aromatic N) is 2. The molecule has 1 aromatic heterocycles. The zero-order valence-corrected chi connectivity index (χ0v) is 10.7. The predicted octanol–water partition coefficient (Wildman–Crippen LogP) is 3.25. The first kappa shape index (κ1) is 12.1. The minimum Gasteiger partial charge on any atom is -0.492 e. The van der Waals surface area contributed by atoms with Gasteiger partial charge in [0.2, 0.25) is 0 Å². The third-order valence-electron chi connectivity index (χ3n) is 2.27. The van der Waals surface area contributed by atoms with Gasteiger partial charge in [-0.1, -0.05) is 0 Å². The summed E-state index contributed by atoms with van der Waals surface area (Å²) in [5.74, 6) is 0.244. The van der Waals surface area contributed by atoms with Crippen LogP contribution in [0.5, 0.6) is 5.75 Å². The number of hydrogen-bond donors (Lipinski definition) is 0. The third kappa shape index (κ3) is 3.56. The van der Waals surface area contributed by atoms with Gasteiger partial charge >= 0.3 is 0 Å². The van der Waals surface area contributed by atoms with Crippen LogP contribution in [-0.2, 0) is 6.54 Å². The lowest BCUT2D eigenvalue weighted by Crippen LogP contribution is -2.03. The Morgan fingerprint density at radius 2 is 2.29 bits per heavy atom. The average Bonchev–Trinajstić information content (AvgIpc) is 2.82. The molecular weight excluding hydrogens is 287 g/mol. The van der Waals surface area contributed by atoms with Gasteiger partial charge in [0.25, 0.3) is 0 Å². The van der Waals surface area contributed by atoms with E-state index < -0.39 is 0 Å². The summed E-state index contributed by atoms with van der Waals surface area (Å²) in [5, 5.41) is 0. The van der Waals surface area contributed by atoms with Crippen molar-refractivity contribution in [1.82, 2.24) is 9.55 Å². The van der Waals surface area contributed by atoms with Crippen molar-refractivity contribution in [2.45, 2.75) is 13.0 Å². The first-order chi connectivity index (χ1) is 8.25. The first-order valence-corrected chi connectivity index (χ1v) is 6.08. The van der Waals surface area contributed by atoms with Gasteiger partial charge in [0.1, 0.15) is 11.6 Å². The largest absolute Gasteiger partial charge is 0.492 e. The summed E-state index contributed by atoms with van der Waals surface area (Å²) >= 11 is 3.31. The monoisotopic (exact) mass is 298 g/mol. The van der Waals surface area contributed by atoms with Gasteiger partial charge in [0, 0.05) is 25.0 Å². The minimum atomic E-state index is -0.294. The Labute approximate surface area is 107 Å². The second-order valence-electron chi connectivity index (χ2n) is 3.58. The maximum atomic E-state index is 13.0. The molecule has 3 nitrogen and oxygen atoms in total. The van der Waals surface area contributed by atoms with E-state index in [1.807, 2.05) is 10.8 Å². The van der Waals surface area contributed by atoms with Gasteiger partial charge < -0.3 is 9.30 Å². The Bertz CT molecular complexity index is 473. The van der Waals surface area contributed by atoms with Crippen molar-refractivity contribution < 1.29 is 9.13 Å². The van der Waals surface area contributed by atoms with Gasteiger partial charge in [0.15, 0.2) is 0 Å². The predicted molar refractivity (Wildman–Crippen MR) is 66.4 cm³/mol. The number of benzene rings is 1. The van der Waals surface area contributed by atoms with E-state index >= 15 is 0 Å². The zero-order valence-electron chi connectivity index (χ0n) is 9.14. The fourth-order valence-electron chi connectivity index (χ4n) is 1.44. The van der Waals surface area contributed by atoms with Crippen molar-refractivity contribution in [3.63, 3.8) is 0 Å². The lowest BCUT2D eigenvalue weighted by atomic mass is 10.3. The number of aromatic nitrogens is 2. The quantitative estimate of drug-likeness (QED) is 0.792. The van der Waals surface area contributed by atoms with Gasteiger partial charge in [-0.15, -0.1) is 0 Å². The standard InChI is InChI=1S/C12H12BrFN2O/c13-11-3-2-10(14)8-12(11)17-7-1-5-16-6-4-15-9-16/h2-4,6,8-9H,1,5,7H2. The fourth-order valence-corrected chi connectivity index (χ4v) is 1.80. The Morgan fingerprint density at radius 1 is 1.41 bits per heavy atom. The lowest BCUT2D eigenvalue weighted by molar-refractivity contribution is 0.298. The Hall–Kier alpha value is -1.36. The zero-order chi connectivity index (χ0) is 12.1. The molecule has 0 atom stereocenters. The van der Waals surface area contributed by atoms with Crippen molar-refractivity contribution in [2.24, 2.45) is 0 Å². The molecule has 0 aliphatic carbocycles. The van der Waals surface area contributed by atoms with Crippen LogP contribution in [0.1, 0.15) is 6.42 Å². The van der Waals surface area contributed by atoms with Crippen molar-refractivity contribution in [2.75, 3.05) is 6.61 Å². The van der Waals surface area contributed by atoms with Crippen LogP contribution in [0.2, 0.25) is 0 Å². The molecule has 0 N–H and O–H groups in total. The smallest absolute Gasteiger partial charge is 0.136 e. The van der Waals surface area contributed by atoms with Crippen LogP contribution in [0, 0.1) is 5.82 Å². The van der Waals surface area contributed by atoms with Crippen LogP contribution in [-0.4, -0.2) is 16.2 Å². The Morgan fingerprint density at radius 3 is 3.06 bits per heavy atom.